The Kier molecular flexibility index (Phi) is 1.61. The molecule has 0 N–H and O–H groups in total. The lowest BCUT2D eigenvalue weighted by molar-refractivity contribution is -0.108. The van der Waals surface area contributed by atoms with Crippen LogP contribution in [0.4, 0.5) is 0 Å². The number of rotatable bonds is 3. The second-order valence-corrected chi connectivity index (χ2v) is 2.85. The Labute approximate surface area is 54.9 Å². The van der Waals surface area contributed by atoms with Crippen molar-refractivity contribution in [1.29, 1.82) is 0 Å². The average molecular weight is 130 g/mol. The first-order valence-corrected chi connectivity index (χ1v) is 3.51. The highest BCUT2D eigenvalue weighted by atomic mass is 32.1. The molecule has 0 saturated heterocycles. The normalized spacial score (nSPS) is 22.6. The van der Waals surface area contributed by atoms with E-state index in [0.717, 1.165) is 18.5 Å². The van der Waals surface area contributed by atoms with Crippen molar-refractivity contribution in [2.45, 2.75) is 19.3 Å². The molecule has 0 heterocycles. The van der Waals surface area contributed by atoms with Crippen molar-refractivity contribution >= 4 is 18.9 Å². The van der Waals surface area contributed by atoms with Crippen LogP contribution in [0.2, 0.25) is 0 Å². The number of carbonyl (C=O) groups excluding carboxylic acids is 1. The van der Waals surface area contributed by atoms with Crippen LogP contribution < -0.4 is 0 Å². The van der Waals surface area contributed by atoms with Crippen LogP contribution in [0.15, 0.2) is 0 Å². The summed E-state index contributed by atoms with van der Waals surface area (Å²) in [6.07, 6.45) is 4.13. The number of hydrogen-bond acceptors (Lipinski definition) is 2. The molecule has 0 bridgehead atoms. The van der Waals surface area contributed by atoms with E-state index >= 15 is 0 Å². The minimum Gasteiger partial charge on any atom is -0.303 e. The molecule has 1 aliphatic rings. The molecule has 46 valence electrons. The molecule has 8 heavy (non-hydrogen) atoms. The van der Waals surface area contributed by atoms with Gasteiger partial charge in [-0.2, -0.15) is 12.6 Å². The minimum absolute atomic E-state index is 0.338. The van der Waals surface area contributed by atoms with E-state index < -0.39 is 0 Å². The van der Waals surface area contributed by atoms with Gasteiger partial charge in [0.2, 0.25) is 0 Å². The molecule has 0 spiro atoms. The first-order valence-electron chi connectivity index (χ1n) is 2.87. The van der Waals surface area contributed by atoms with Gasteiger partial charge in [0.25, 0.3) is 0 Å². The maximum absolute atomic E-state index is 9.99. The first-order chi connectivity index (χ1) is 3.83. The molecule has 2 heteroatoms. The lowest BCUT2D eigenvalue weighted by Crippen LogP contribution is -2.01. The van der Waals surface area contributed by atoms with Gasteiger partial charge < -0.3 is 4.79 Å². The molecule has 0 atom stereocenters. The standard InChI is InChI=1S/C6H10OS/c7-4-3-6(5-8)1-2-6/h4,8H,1-3,5H2. The largest absolute Gasteiger partial charge is 0.303 e. The van der Waals surface area contributed by atoms with Gasteiger partial charge in [-0.1, -0.05) is 0 Å². The van der Waals surface area contributed by atoms with Gasteiger partial charge >= 0.3 is 0 Å². The Bertz CT molecular complexity index is 96.7. The Morgan fingerprint density at radius 2 is 2.25 bits per heavy atom. The van der Waals surface area contributed by atoms with E-state index in [0.29, 0.717) is 5.41 Å². The van der Waals surface area contributed by atoms with Crippen molar-refractivity contribution in [3.8, 4) is 0 Å². The zero-order valence-electron chi connectivity index (χ0n) is 4.76. The third-order valence-electron chi connectivity index (χ3n) is 1.81. The molecule has 0 aromatic carbocycles. The molecule has 1 fully saturated rings. The molecule has 1 nitrogen and oxygen atoms in total. The molecular weight excluding hydrogens is 120 g/mol. The maximum atomic E-state index is 9.99. The summed E-state index contributed by atoms with van der Waals surface area (Å²) in [7, 11) is 0. The predicted molar refractivity (Wildman–Crippen MR) is 36.2 cm³/mol. The second-order valence-electron chi connectivity index (χ2n) is 2.53. The Morgan fingerprint density at radius 1 is 1.62 bits per heavy atom. The number of hydrogen-bond donors (Lipinski definition) is 1. The molecule has 1 saturated carbocycles. The van der Waals surface area contributed by atoms with Crippen molar-refractivity contribution in [2.24, 2.45) is 5.41 Å². The van der Waals surface area contributed by atoms with Gasteiger partial charge in [0.05, 0.1) is 0 Å². The first kappa shape index (κ1) is 6.14. The molecule has 0 aromatic rings. The third kappa shape index (κ3) is 1.05. The zero-order chi connectivity index (χ0) is 6.04. The van der Waals surface area contributed by atoms with Crippen molar-refractivity contribution in [1.82, 2.24) is 0 Å². The lowest BCUT2D eigenvalue weighted by atomic mass is 10.1. The monoisotopic (exact) mass is 130 g/mol. The highest BCUT2D eigenvalue weighted by molar-refractivity contribution is 7.80. The summed E-state index contributed by atoms with van der Waals surface area (Å²) < 4.78 is 0. The SMILES string of the molecule is O=CCC1(CS)CC1. The summed E-state index contributed by atoms with van der Waals surface area (Å²) in [6, 6.07) is 0. The van der Waals surface area contributed by atoms with E-state index in [1.165, 1.54) is 12.8 Å². The zero-order valence-corrected chi connectivity index (χ0v) is 5.66. The number of thiol groups is 1. The van der Waals surface area contributed by atoms with Crippen LogP contribution in [0.5, 0.6) is 0 Å². The fourth-order valence-corrected chi connectivity index (χ4v) is 1.23. The van der Waals surface area contributed by atoms with Crippen LogP contribution in [0.3, 0.4) is 0 Å². The van der Waals surface area contributed by atoms with Crippen molar-refractivity contribution in [3.05, 3.63) is 0 Å². The van der Waals surface area contributed by atoms with E-state index in [-0.39, 0.29) is 0 Å². The summed E-state index contributed by atoms with van der Waals surface area (Å²) in [5.74, 6) is 0.881. The van der Waals surface area contributed by atoms with Crippen LogP contribution in [-0.4, -0.2) is 12.0 Å². The van der Waals surface area contributed by atoms with Gasteiger partial charge in [0.1, 0.15) is 6.29 Å². The summed E-state index contributed by atoms with van der Waals surface area (Å²) >= 11 is 4.14. The van der Waals surface area contributed by atoms with Crippen molar-refractivity contribution in [2.75, 3.05) is 5.75 Å². The highest BCUT2D eigenvalue weighted by Gasteiger charge is 2.40. The van der Waals surface area contributed by atoms with Crippen LogP contribution in [0.1, 0.15) is 19.3 Å². The molecule has 0 unspecified atom stereocenters. The molecule has 0 aromatic heterocycles. The molecular formula is C6H10OS. The van der Waals surface area contributed by atoms with E-state index in [2.05, 4.69) is 12.6 Å². The molecule has 1 aliphatic carbocycles. The molecule has 0 aliphatic heterocycles. The van der Waals surface area contributed by atoms with Gasteiger partial charge in [0, 0.05) is 6.42 Å². The van der Waals surface area contributed by atoms with Gasteiger partial charge in [-0.3, -0.25) is 0 Å². The summed E-state index contributed by atoms with van der Waals surface area (Å²) in [6.45, 7) is 0. The number of carbonyl (C=O) groups is 1. The summed E-state index contributed by atoms with van der Waals surface area (Å²) in [4.78, 5) is 9.99. The fourth-order valence-electron chi connectivity index (χ4n) is 0.780. The van der Waals surface area contributed by atoms with Crippen LogP contribution in [0, 0.1) is 5.41 Å². The Morgan fingerprint density at radius 3 is 2.38 bits per heavy atom. The molecule has 1 rings (SSSR count). The van der Waals surface area contributed by atoms with E-state index in [9.17, 15) is 4.79 Å². The maximum Gasteiger partial charge on any atom is 0.120 e. The van der Waals surface area contributed by atoms with Gasteiger partial charge in [-0.25, -0.2) is 0 Å². The smallest absolute Gasteiger partial charge is 0.120 e. The lowest BCUT2D eigenvalue weighted by Gasteiger charge is -2.03. The van der Waals surface area contributed by atoms with Crippen LogP contribution in [-0.2, 0) is 4.79 Å². The third-order valence-corrected chi connectivity index (χ3v) is 2.48. The van der Waals surface area contributed by atoms with Crippen molar-refractivity contribution < 1.29 is 4.79 Å². The molecule has 0 radical (unpaired) electrons. The van der Waals surface area contributed by atoms with E-state index in [1.54, 1.807) is 0 Å². The quantitative estimate of drug-likeness (QED) is 0.450. The van der Waals surface area contributed by atoms with Crippen LogP contribution in [0.25, 0.3) is 0 Å². The van der Waals surface area contributed by atoms with Crippen LogP contribution >= 0.6 is 12.6 Å². The fraction of sp³-hybridized carbons (Fsp3) is 0.833. The minimum atomic E-state index is 0.338. The average Bonchev–Trinajstić information content (AvgIpc) is 2.50. The van der Waals surface area contributed by atoms with E-state index in [4.69, 9.17) is 0 Å². The summed E-state index contributed by atoms with van der Waals surface area (Å²) in [5.41, 5.74) is 0.338. The predicted octanol–water partition coefficient (Wildman–Crippen LogP) is 1.29. The molecule has 0 amide bonds. The van der Waals surface area contributed by atoms with Gasteiger partial charge in [-0.15, -0.1) is 0 Å². The summed E-state index contributed by atoms with van der Waals surface area (Å²) in [5, 5.41) is 0. The van der Waals surface area contributed by atoms with Crippen molar-refractivity contribution in [3.63, 3.8) is 0 Å². The topological polar surface area (TPSA) is 17.1 Å². The second kappa shape index (κ2) is 2.09. The van der Waals surface area contributed by atoms with Gasteiger partial charge in [0.15, 0.2) is 0 Å². The number of aldehydes is 1. The van der Waals surface area contributed by atoms with Gasteiger partial charge in [-0.05, 0) is 24.0 Å². The Balaban J connectivity index is 2.29. The highest BCUT2D eigenvalue weighted by Crippen LogP contribution is 2.48. The Hall–Kier alpha value is 0.0200. The van der Waals surface area contributed by atoms with E-state index in [1.807, 2.05) is 0 Å².